The lowest BCUT2D eigenvalue weighted by Gasteiger charge is -2.37. The lowest BCUT2D eigenvalue weighted by molar-refractivity contribution is -0.153. The number of carboxylic acid groups (broad SMARTS) is 1. The molecule has 2 atom stereocenters. The van der Waals surface area contributed by atoms with Crippen molar-refractivity contribution in [1.82, 2.24) is 19.6 Å². The minimum absolute atomic E-state index is 0.0114. The average molecular weight is 324 g/mol. The Morgan fingerprint density at radius 3 is 2.75 bits per heavy atom. The predicted molar refractivity (Wildman–Crippen MR) is 89.8 cm³/mol. The highest BCUT2D eigenvalue weighted by molar-refractivity contribution is 5.90. The van der Waals surface area contributed by atoms with Crippen molar-refractivity contribution in [2.75, 3.05) is 0 Å². The second-order valence-electron chi connectivity index (χ2n) is 7.45. The second-order valence-corrected chi connectivity index (χ2v) is 7.45. The second kappa shape index (κ2) is 4.75. The smallest absolute Gasteiger partial charge is 0.309 e. The van der Waals surface area contributed by atoms with Crippen LogP contribution >= 0.6 is 0 Å². The molecule has 0 saturated heterocycles. The van der Waals surface area contributed by atoms with Crippen LogP contribution in [0, 0.1) is 10.8 Å². The van der Waals surface area contributed by atoms with Gasteiger partial charge in [0.25, 0.3) is 0 Å². The number of para-hydroxylation sites is 1. The highest BCUT2D eigenvalue weighted by Crippen LogP contribution is 2.59. The summed E-state index contributed by atoms with van der Waals surface area (Å²) >= 11 is 0. The lowest BCUT2D eigenvalue weighted by Crippen LogP contribution is -2.40. The first-order valence-corrected chi connectivity index (χ1v) is 8.18. The maximum absolute atomic E-state index is 11.8. The van der Waals surface area contributed by atoms with E-state index in [0.717, 1.165) is 23.0 Å². The fourth-order valence-electron chi connectivity index (χ4n) is 3.98. The van der Waals surface area contributed by atoms with Gasteiger partial charge < -0.3 is 5.11 Å². The fraction of sp³-hybridized carbons (Fsp3) is 0.444. The minimum Gasteiger partial charge on any atom is -0.481 e. The monoisotopic (exact) mass is 324 g/mol. The normalized spacial score (nSPS) is 26.2. The molecule has 24 heavy (non-hydrogen) atoms. The van der Waals surface area contributed by atoms with Crippen molar-refractivity contribution >= 4 is 22.5 Å². The summed E-state index contributed by atoms with van der Waals surface area (Å²) in [4.78, 5) is 21.0. The first-order chi connectivity index (χ1) is 11.3. The molecular formula is C18H20N4O2. The van der Waals surface area contributed by atoms with Crippen LogP contribution in [0.3, 0.4) is 0 Å². The first-order valence-electron chi connectivity index (χ1n) is 8.18. The third kappa shape index (κ3) is 1.82. The Bertz CT molecular complexity index is 962. The van der Waals surface area contributed by atoms with Gasteiger partial charge >= 0.3 is 5.97 Å². The van der Waals surface area contributed by atoms with Crippen LogP contribution in [0.25, 0.3) is 16.6 Å². The standard InChI is InChI=1S/C18H20N4O2/c1-17(2)12(8-9-18(17,3)16(23)24)14-20-15-11-6-4-5-7-13(11)19-10-22(15)21-14/h4-7,10,12H,8-9H2,1-3H3,(H,23,24)/t12-,18-/m1/s1. The SMILES string of the molecule is CC1(C)[C@@H](c2nc3c4ccccc4ncn3n2)CC[C@]1(C)C(=O)O. The van der Waals surface area contributed by atoms with Crippen molar-refractivity contribution in [2.24, 2.45) is 10.8 Å². The van der Waals surface area contributed by atoms with Crippen molar-refractivity contribution in [3.8, 4) is 0 Å². The summed E-state index contributed by atoms with van der Waals surface area (Å²) in [5.41, 5.74) is 0.461. The molecule has 1 saturated carbocycles. The molecule has 0 spiro atoms. The highest BCUT2D eigenvalue weighted by Gasteiger charge is 2.57. The van der Waals surface area contributed by atoms with E-state index in [4.69, 9.17) is 4.98 Å². The van der Waals surface area contributed by atoms with Gasteiger partial charge in [-0.3, -0.25) is 4.79 Å². The van der Waals surface area contributed by atoms with E-state index in [2.05, 4.69) is 10.1 Å². The van der Waals surface area contributed by atoms with Crippen LogP contribution in [0.15, 0.2) is 30.6 Å². The number of hydrogen-bond donors (Lipinski definition) is 1. The zero-order chi connectivity index (χ0) is 17.1. The van der Waals surface area contributed by atoms with Crippen LogP contribution in [0.1, 0.15) is 45.4 Å². The van der Waals surface area contributed by atoms with Gasteiger partial charge in [0.15, 0.2) is 11.5 Å². The molecule has 4 rings (SSSR count). The van der Waals surface area contributed by atoms with Gasteiger partial charge in [0.05, 0.1) is 10.9 Å². The number of aromatic nitrogens is 4. The number of aliphatic carboxylic acids is 1. The quantitative estimate of drug-likeness (QED) is 0.782. The minimum atomic E-state index is -0.768. The molecule has 1 aliphatic carbocycles. The zero-order valence-electron chi connectivity index (χ0n) is 14.0. The van der Waals surface area contributed by atoms with Crippen LogP contribution in [0.4, 0.5) is 0 Å². The Morgan fingerprint density at radius 1 is 1.29 bits per heavy atom. The van der Waals surface area contributed by atoms with Gasteiger partial charge in [0, 0.05) is 11.3 Å². The molecule has 0 aliphatic heterocycles. The van der Waals surface area contributed by atoms with Crippen molar-refractivity contribution < 1.29 is 9.90 Å². The first kappa shape index (κ1) is 15.1. The van der Waals surface area contributed by atoms with Gasteiger partial charge in [0.2, 0.25) is 0 Å². The molecule has 1 fully saturated rings. The van der Waals surface area contributed by atoms with Crippen molar-refractivity contribution in [3.05, 3.63) is 36.4 Å². The van der Waals surface area contributed by atoms with Gasteiger partial charge in [0.1, 0.15) is 6.33 Å². The summed E-state index contributed by atoms with van der Waals surface area (Å²) in [6.45, 7) is 5.86. The number of hydrogen-bond acceptors (Lipinski definition) is 4. The van der Waals surface area contributed by atoms with Crippen LogP contribution < -0.4 is 0 Å². The number of benzene rings is 1. The van der Waals surface area contributed by atoms with Crippen molar-refractivity contribution in [1.29, 1.82) is 0 Å². The lowest BCUT2D eigenvalue weighted by atomic mass is 9.65. The van der Waals surface area contributed by atoms with Crippen LogP contribution in [0.5, 0.6) is 0 Å². The Morgan fingerprint density at radius 2 is 2.04 bits per heavy atom. The Balaban J connectivity index is 1.86. The average Bonchev–Trinajstić information content (AvgIpc) is 3.07. The number of rotatable bonds is 2. The summed E-state index contributed by atoms with van der Waals surface area (Å²) in [6, 6.07) is 7.84. The van der Waals surface area contributed by atoms with E-state index < -0.39 is 16.8 Å². The third-order valence-corrected chi connectivity index (χ3v) is 6.11. The Labute approximate surface area is 139 Å². The molecule has 0 unspecified atom stereocenters. The molecule has 1 aromatic carbocycles. The summed E-state index contributed by atoms with van der Waals surface area (Å²) < 4.78 is 1.70. The van der Waals surface area contributed by atoms with Crippen LogP contribution in [-0.2, 0) is 4.79 Å². The van der Waals surface area contributed by atoms with E-state index >= 15 is 0 Å². The van der Waals surface area contributed by atoms with Gasteiger partial charge in [-0.1, -0.05) is 26.0 Å². The third-order valence-electron chi connectivity index (χ3n) is 6.11. The molecular weight excluding hydrogens is 304 g/mol. The van der Waals surface area contributed by atoms with Gasteiger partial charge in [-0.25, -0.2) is 14.5 Å². The zero-order valence-corrected chi connectivity index (χ0v) is 14.0. The van der Waals surface area contributed by atoms with Crippen LogP contribution in [-0.4, -0.2) is 30.7 Å². The highest BCUT2D eigenvalue weighted by atomic mass is 16.4. The largest absolute Gasteiger partial charge is 0.481 e. The molecule has 0 amide bonds. The molecule has 1 aliphatic rings. The van der Waals surface area contributed by atoms with Crippen LogP contribution in [0.2, 0.25) is 0 Å². The summed E-state index contributed by atoms with van der Waals surface area (Å²) in [5, 5.41) is 15.3. The Kier molecular flexibility index (Phi) is 2.98. The number of nitrogens with zero attached hydrogens (tertiary/aromatic N) is 4. The number of fused-ring (bicyclic) bond motifs is 3. The molecule has 6 nitrogen and oxygen atoms in total. The molecule has 1 N–H and O–H groups in total. The molecule has 6 heteroatoms. The fourth-order valence-corrected chi connectivity index (χ4v) is 3.98. The summed E-state index contributed by atoms with van der Waals surface area (Å²) in [5.74, 6) is -0.0220. The molecule has 2 heterocycles. The molecule has 2 aromatic heterocycles. The summed E-state index contributed by atoms with van der Waals surface area (Å²) in [7, 11) is 0. The van der Waals surface area contributed by atoms with E-state index in [-0.39, 0.29) is 5.92 Å². The van der Waals surface area contributed by atoms with E-state index in [0.29, 0.717) is 12.2 Å². The molecule has 124 valence electrons. The predicted octanol–water partition coefficient (Wildman–Crippen LogP) is 3.27. The summed E-state index contributed by atoms with van der Waals surface area (Å²) in [6.07, 6.45) is 3.08. The molecule has 0 radical (unpaired) electrons. The number of carboxylic acids is 1. The van der Waals surface area contributed by atoms with E-state index in [1.165, 1.54) is 0 Å². The molecule has 3 aromatic rings. The Hall–Kier alpha value is -2.50. The van der Waals surface area contributed by atoms with Gasteiger partial charge in [-0.15, -0.1) is 5.10 Å². The topological polar surface area (TPSA) is 80.4 Å². The van der Waals surface area contributed by atoms with Gasteiger partial charge in [-0.2, -0.15) is 0 Å². The maximum atomic E-state index is 11.8. The molecule has 0 bridgehead atoms. The number of carbonyl (C=O) groups is 1. The van der Waals surface area contributed by atoms with Crippen molar-refractivity contribution in [2.45, 2.75) is 39.5 Å². The van der Waals surface area contributed by atoms with Crippen molar-refractivity contribution in [3.63, 3.8) is 0 Å². The maximum Gasteiger partial charge on any atom is 0.309 e. The van der Waals surface area contributed by atoms with E-state index in [1.807, 2.05) is 45.0 Å². The van der Waals surface area contributed by atoms with E-state index in [1.54, 1.807) is 10.8 Å². The van der Waals surface area contributed by atoms with Gasteiger partial charge in [-0.05, 0) is 37.3 Å². The van der Waals surface area contributed by atoms with E-state index in [9.17, 15) is 9.90 Å².